The van der Waals surface area contributed by atoms with Crippen molar-refractivity contribution in [2.24, 2.45) is 4.99 Å². The number of hydrogen-bond acceptors (Lipinski definition) is 5. The fourth-order valence-corrected chi connectivity index (χ4v) is 4.03. The molecule has 0 saturated heterocycles. The molecule has 0 aromatic heterocycles. The first-order chi connectivity index (χ1) is 15.9. The number of benzene rings is 3. The van der Waals surface area contributed by atoms with Gasteiger partial charge in [0.05, 0.1) is 53.8 Å². The number of amides is 1. The van der Waals surface area contributed by atoms with E-state index < -0.39 is 0 Å². The Balaban J connectivity index is 1.89. The van der Waals surface area contributed by atoms with E-state index >= 15 is 0 Å². The molecule has 1 aliphatic heterocycles. The second-order valence-electron chi connectivity index (χ2n) is 7.31. The summed E-state index contributed by atoms with van der Waals surface area (Å²) in [5, 5.41) is 10.2. The zero-order valence-electron chi connectivity index (χ0n) is 17.9. The third-order valence-corrected chi connectivity index (χ3v) is 6.05. The number of ether oxygens (including phenoxy) is 2. The van der Waals surface area contributed by atoms with Gasteiger partial charge in [0.25, 0.3) is 0 Å². The molecule has 0 N–H and O–H groups in total. The number of anilines is 1. The zero-order valence-corrected chi connectivity index (χ0v) is 19.4. The molecule has 3 aromatic rings. The van der Waals surface area contributed by atoms with Crippen molar-refractivity contribution in [3.8, 4) is 17.6 Å². The van der Waals surface area contributed by atoms with Crippen molar-refractivity contribution in [3.63, 3.8) is 0 Å². The van der Waals surface area contributed by atoms with Crippen LogP contribution < -0.4 is 14.4 Å². The van der Waals surface area contributed by atoms with E-state index in [1.807, 2.05) is 12.1 Å². The second-order valence-corrected chi connectivity index (χ2v) is 8.12. The fourth-order valence-electron chi connectivity index (χ4n) is 3.71. The van der Waals surface area contributed by atoms with E-state index in [0.717, 1.165) is 11.1 Å². The van der Waals surface area contributed by atoms with Gasteiger partial charge in [-0.2, -0.15) is 5.26 Å². The molecule has 6 nitrogen and oxygen atoms in total. The van der Waals surface area contributed by atoms with Crippen molar-refractivity contribution in [3.05, 3.63) is 86.9 Å². The summed E-state index contributed by atoms with van der Waals surface area (Å²) in [6, 6.07) is 18.1. The number of aliphatic imine (C=N–C) groups is 1. The maximum absolute atomic E-state index is 13.2. The van der Waals surface area contributed by atoms with Crippen molar-refractivity contribution >= 4 is 40.5 Å². The quantitative estimate of drug-likeness (QED) is 0.499. The van der Waals surface area contributed by atoms with Crippen LogP contribution in [0.15, 0.2) is 59.6 Å². The maximum atomic E-state index is 13.2. The number of hydrogen-bond donors (Lipinski definition) is 0. The van der Waals surface area contributed by atoms with Gasteiger partial charge in [-0.1, -0.05) is 41.4 Å². The Bertz CT molecular complexity index is 1310. The van der Waals surface area contributed by atoms with Crippen molar-refractivity contribution in [1.82, 2.24) is 0 Å². The Labute approximate surface area is 201 Å². The Morgan fingerprint density at radius 1 is 1.03 bits per heavy atom. The molecule has 0 atom stereocenters. The van der Waals surface area contributed by atoms with Gasteiger partial charge in [-0.15, -0.1) is 0 Å². The first-order valence-corrected chi connectivity index (χ1v) is 10.8. The van der Waals surface area contributed by atoms with Crippen molar-refractivity contribution in [2.75, 3.05) is 25.7 Å². The van der Waals surface area contributed by atoms with Crippen LogP contribution in [0.1, 0.15) is 22.3 Å². The minimum atomic E-state index is -0.194. The van der Waals surface area contributed by atoms with E-state index in [9.17, 15) is 10.1 Å². The molecule has 3 aromatic carbocycles. The van der Waals surface area contributed by atoms with Gasteiger partial charge >= 0.3 is 0 Å². The van der Waals surface area contributed by atoms with Gasteiger partial charge in [-0.05, 0) is 35.9 Å². The summed E-state index contributed by atoms with van der Waals surface area (Å²) >= 11 is 12.3. The number of methoxy groups -OCH3 is 2. The molecule has 1 aliphatic rings. The van der Waals surface area contributed by atoms with Gasteiger partial charge in [0, 0.05) is 17.2 Å². The Morgan fingerprint density at radius 3 is 2.48 bits per heavy atom. The number of nitriles is 1. The SMILES string of the molecule is COc1cc2c(cc1OC)N(Cc1ccc(Cl)c(Cl)c1)C(=O)CN=C2c1cccc(C#N)c1. The largest absolute Gasteiger partial charge is 0.493 e. The summed E-state index contributed by atoms with van der Waals surface area (Å²) in [4.78, 5) is 19.5. The Hall–Kier alpha value is -3.53. The van der Waals surface area contributed by atoms with E-state index in [2.05, 4.69) is 11.1 Å². The lowest BCUT2D eigenvalue weighted by Crippen LogP contribution is -2.32. The number of fused-ring (bicyclic) bond motifs is 1. The van der Waals surface area contributed by atoms with Crippen LogP contribution in [0.3, 0.4) is 0 Å². The van der Waals surface area contributed by atoms with Gasteiger partial charge < -0.3 is 14.4 Å². The monoisotopic (exact) mass is 479 g/mol. The van der Waals surface area contributed by atoms with Crippen molar-refractivity contribution in [2.45, 2.75) is 6.54 Å². The molecule has 4 rings (SSSR count). The second kappa shape index (κ2) is 9.53. The van der Waals surface area contributed by atoms with Crippen LogP contribution in [-0.2, 0) is 11.3 Å². The van der Waals surface area contributed by atoms with E-state index in [1.54, 1.807) is 54.5 Å². The fraction of sp³-hybridized carbons (Fsp3) is 0.160. The van der Waals surface area contributed by atoms with Crippen LogP contribution in [0.5, 0.6) is 11.5 Å². The number of benzodiazepines with no additional fused rings is 1. The summed E-state index contributed by atoms with van der Waals surface area (Å²) in [6.45, 7) is 0.200. The van der Waals surface area contributed by atoms with Crippen molar-refractivity contribution in [1.29, 1.82) is 5.26 Å². The number of halogens is 2. The van der Waals surface area contributed by atoms with E-state index in [0.29, 0.717) is 44.1 Å². The van der Waals surface area contributed by atoms with Crippen LogP contribution in [-0.4, -0.2) is 32.4 Å². The molecule has 0 saturated carbocycles. The molecular weight excluding hydrogens is 461 g/mol. The van der Waals surface area contributed by atoms with E-state index in [-0.39, 0.29) is 19.0 Å². The third kappa shape index (κ3) is 4.51. The standard InChI is InChI=1S/C25H19Cl2N3O3/c1-32-22-10-18-21(11-23(22)33-2)30(14-16-6-7-19(26)20(27)9-16)24(31)13-29-25(18)17-5-3-4-15(8-17)12-28/h3-11H,13-14H2,1-2H3. The third-order valence-electron chi connectivity index (χ3n) is 5.31. The summed E-state index contributed by atoms with van der Waals surface area (Å²) in [5.74, 6) is 0.792. The molecule has 0 spiro atoms. The molecule has 8 heteroatoms. The van der Waals surface area contributed by atoms with Gasteiger partial charge in [-0.3, -0.25) is 9.79 Å². The highest BCUT2D eigenvalue weighted by molar-refractivity contribution is 6.42. The minimum absolute atomic E-state index is 0.0628. The van der Waals surface area contributed by atoms with Crippen LogP contribution in [0, 0.1) is 11.3 Å². The average Bonchev–Trinajstić information content (AvgIpc) is 2.96. The van der Waals surface area contributed by atoms with Crippen molar-refractivity contribution < 1.29 is 14.3 Å². The van der Waals surface area contributed by atoms with Gasteiger partial charge in [-0.25, -0.2) is 0 Å². The number of rotatable bonds is 5. The highest BCUT2D eigenvalue weighted by Crippen LogP contribution is 2.38. The van der Waals surface area contributed by atoms with Gasteiger partial charge in [0.1, 0.15) is 6.54 Å². The molecule has 1 heterocycles. The predicted octanol–water partition coefficient (Wildman–Crippen LogP) is 5.27. The van der Waals surface area contributed by atoms with Crippen LogP contribution in [0.2, 0.25) is 10.0 Å². The number of nitrogens with zero attached hydrogens (tertiary/aromatic N) is 3. The molecule has 0 bridgehead atoms. The first kappa shape index (κ1) is 22.7. The van der Waals surface area contributed by atoms with Gasteiger partial charge in [0.2, 0.25) is 5.91 Å². The topological polar surface area (TPSA) is 74.9 Å². The first-order valence-electron chi connectivity index (χ1n) is 10.0. The zero-order chi connectivity index (χ0) is 23.5. The molecule has 0 radical (unpaired) electrons. The summed E-state index contributed by atoms with van der Waals surface area (Å²) in [5.41, 5.74) is 3.93. The number of carbonyl (C=O) groups is 1. The normalized spacial score (nSPS) is 13.0. The van der Waals surface area contributed by atoms with E-state index in [4.69, 9.17) is 32.7 Å². The summed E-state index contributed by atoms with van der Waals surface area (Å²) in [6.07, 6.45) is 0. The van der Waals surface area contributed by atoms with Crippen LogP contribution in [0.25, 0.3) is 0 Å². The highest BCUT2D eigenvalue weighted by atomic mass is 35.5. The molecule has 1 amide bonds. The predicted molar refractivity (Wildman–Crippen MR) is 129 cm³/mol. The highest BCUT2D eigenvalue weighted by Gasteiger charge is 2.28. The Morgan fingerprint density at radius 2 is 1.79 bits per heavy atom. The van der Waals surface area contributed by atoms with Gasteiger partial charge in [0.15, 0.2) is 11.5 Å². The molecular formula is C25H19Cl2N3O3. The average molecular weight is 480 g/mol. The van der Waals surface area contributed by atoms with Crippen LogP contribution in [0.4, 0.5) is 5.69 Å². The lowest BCUT2D eigenvalue weighted by atomic mass is 9.98. The maximum Gasteiger partial charge on any atom is 0.248 e. The smallest absolute Gasteiger partial charge is 0.248 e. The Kier molecular flexibility index (Phi) is 6.55. The van der Waals surface area contributed by atoms with Crippen LogP contribution >= 0.6 is 23.2 Å². The minimum Gasteiger partial charge on any atom is -0.493 e. The molecule has 166 valence electrons. The molecule has 0 aliphatic carbocycles. The van der Waals surface area contributed by atoms with E-state index in [1.165, 1.54) is 7.11 Å². The summed E-state index contributed by atoms with van der Waals surface area (Å²) in [7, 11) is 3.09. The molecule has 0 unspecified atom stereocenters. The molecule has 0 fully saturated rings. The summed E-state index contributed by atoms with van der Waals surface area (Å²) < 4.78 is 11.0. The molecule has 33 heavy (non-hydrogen) atoms. The lowest BCUT2D eigenvalue weighted by molar-refractivity contribution is -0.117. The number of carbonyl (C=O) groups excluding carboxylic acids is 1. The lowest BCUT2D eigenvalue weighted by Gasteiger charge is -2.25.